The third kappa shape index (κ3) is 3.36. The first-order valence-corrected chi connectivity index (χ1v) is 6.59. The summed E-state index contributed by atoms with van der Waals surface area (Å²) in [5.41, 5.74) is 4.45. The summed E-state index contributed by atoms with van der Waals surface area (Å²) in [7, 11) is 2.00. The van der Waals surface area contributed by atoms with Crippen molar-refractivity contribution >= 4 is 5.69 Å². The fourth-order valence-electron chi connectivity index (χ4n) is 2.26. The average Bonchev–Trinajstić information content (AvgIpc) is 2.42. The molecule has 0 radical (unpaired) electrons. The maximum Gasteiger partial charge on any atom is 0.0967 e. The Bertz CT molecular complexity index is 536. The number of aliphatic hydroxyl groups excluding tert-OH is 1. The summed E-state index contributed by atoms with van der Waals surface area (Å²) in [4.78, 5) is 2.08. The summed E-state index contributed by atoms with van der Waals surface area (Å²) in [6.07, 6.45) is -0.467. The minimum Gasteiger partial charge on any atom is -0.387 e. The molecule has 0 heterocycles. The molecule has 0 bridgehead atoms. The number of likely N-dealkylation sites (N-methyl/N-ethyl adjacent to an activating group) is 1. The molecule has 0 aliphatic heterocycles. The van der Waals surface area contributed by atoms with E-state index in [0.717, 1.165) is 16.8 Å². The van der Waals surface area contributed by atoms with E-state index in [4.69, 9.17) is 0 Å². The summed E-state index contributed by atoms with van der Waals surface area (Å²) < 4.78 is 0. The quantitative estimate of drug-likeness (QED) is 0.904. The van der Waals surface area contributed by atoms with E-state index < -0.39 is 6.10 Å². The minimum absolute atomic E-state index is 0.467. The summed E-state index contributed by atoms with van der Waals surface area (Å²) in [5.74, 6) is 0. The van der Waals surface area contributed by atoms with Gasteiger partial charge >= 0.3 is 0 Å². The van der Waals surface area contributed by atoms with Gasteiger partial charge in [-0.1, -0.05) is 42.0 Å². The van der Waals surface area contributed by atoms with Gasteiger partial charge in [-0.15, -0.1) is 0 Å². The van der Waals surface area contributed by atoms with E-state index in [-0.39, 0.29) is 0 Å². The normalized spacial score (nSPS) is 12.2. The van der Waals surface area contributed by atoms with Gasteiger partial charge in [-0.3, -0.25) is 0 Å². The van der Waals surface area contributed by atoms with E-state index in [0.29, 0.717) is 6.54 Å². The number of nitrogens with zero attached hydrogens (tertiary/aromatic N) is 1. The molecule has 0 aromatic heterocycles. The van der Waals surface area contributed by atoms with Crippen LogP contribution in [0.1, 0.15) is 22.8 Å². The van der Waals surface area contributed by atoms with Crippen molar-refractivity contribution in [1.29, 1.82) is 0 Å². The number of benzene rings is 2. The van der Waals surface area contributed by atoms with Crippen LogP contribution in [-0.2, 0) is 0 Å². The van der Waals surface area contributed by atoms with Crippen LogP contribution >= 0.6 is 0 Å². The van der Waals surface area contributed by atoms with Crippen LogP contribution in [-0.4, -0.2) is 18.7 Å². The molecule has 0 saturated carbocycles. The molecule has 2 nitrogen and oxygen atoms in total. The van der Waals surface area contributed by atoms with Crippen LogP contribution in [0.5, 0.6) is 0 Å². The van der Waals surface area contributed by atoms with Gasteiger partial charge in [0, 0.05) is 19.3 Å². The number of hydrogen-bond donors (Lipinski definition) is 1. The summed E-state index contributed by atoms with van der Waals surface area (Å²) >= 11 is 0. The predicted octanol–water partition coefficient (Wildman–Crippen LogP) is 3.47. The highest BCUT2D eigenvalue weighted by molar-refractivity contribution is 5.45. The molecule has 2 heteroatoms. The number of para-hydroxylation sites is 1. The molecule has 0 saturated heterocycles. The van der Waals surface area contributed by atoms with Gasteiger partial charge in [-0.25, -0.2) is 0 Å². The molecule has 0 aliphatic carbocycles. The Morgan fingerprint density at radius 3 is 2.42 bits per heavy atom. The number of aliphatic hydroxyl groups is 1. The molecule has 0 amide bonds. The lowest BCUT2D eigenvalue weighted by Gasteiger charge is -2.24. The van der Waals surface area contributed by atoms with Gasteiger partial charge in [0.05, 0.1) is 6.10 Å². The monoisotopic (exact) mass is 255 g/mol. The topological polar surface area (TPSA) is 23.5 Å². The van der Waals surface area contributed by atoms with Gasteiger partial charge in [0.25, 0.3) is 0 Å². The lowest BCUT2D eigenvalue weighted by Crippen LogP contribution is -2.24. The molecule has 2 aromatic carbocycles. The van der Waals surface area contributed by atoms with Crippen molar-refractivity contribution in [3.63, 3.8) is 0 Å². The van der Waals surface area contributed by atoms with Gasteiger partial charge in [0.15, 0.2) is 0 Å². The van der Waals surface area contributed by atoms with Gasteiger partial charge in [-0.2, -0.15) is 0 Å². The van der Waals surface area contributed by atoms with Crippen LogP contribution in [0, 0.1) is 13.8 Å². The zero-order chi connectivity index (χ0) is 13.8. The second-order valence-corrected chi connectivity index (χ2v) is 5.09. The van der Waals surface area contributed by atoms with Gasteiger partial charge in [0.1, 0.15) is 0 Å². The molecule has 100 valence electrons. The minimum atomic E-state index is -0.467. The lowest BCUT2D eigenvalue weighted by atomic mass is 10.0. The van der Waals surface area contributed by atoms with Crippen molar-refractivity contribution in [2.75, 3.05) is 18.5 Å². The van der Waals surface area contributed by atoms with E-state index in [9.17, 15) is 5.11 Å². The highest BCUT2D eigenvalue weighted by Crippen LogP contribution is 2.22. The van der Waals surface area contributed by atoms with Gasteiger partial charge in [0.2, 0.25) is 0 Å². The van der Waals surface area contributed by atoms with E-state index in [2.05, 4.69) is 42.2 Å². The summed E-state index contributed by atoms with van der Waals surface area (Å²) in [5, 5.41) is 10.4. The van der Waals surface area contributed by atoms with Crippen LogP contribution < -0.4 is 4.90 Å². The SMILES string of the molecule is Cc1ccc(C)c(C(O)CN(C)c2ccccc2)c1. The molecule has 1 unspecified atom stereocenters. The van der Waals surface area contributed by atoms with E-state index in [1.165, 1.54) is 5.56 Å². The Morgan fingerprint density at radius 1 is 1.05 bits per heavy atom. The molecule has 0 aliphatic rings. The smallest absolute Gasteiger partial charge is 0.0967 e. The maximum absolute atomic E-state index is 10.4. The molecular weight excluding hydrogens is 234 g/mol. The van der Waals surface area contributed by atoms with Crippen LogP contribution in [0.15, 0.2) is 48.5 Å². The first-order valence-electron chi connectivity index (χ1n) is 6.59. The third-order valence-electron chi connectivity index (χ3n) is 3.44. The van der Waals surface area contributed by atoms with Crippen LogP contribution in [0.25, 0.3) is 0 Å². The Morgan fingerprint density at radius 2 is 1.74 bits per heavy atom. The fourth-order valence-corrected chi connectivity index (χ4v) is 2.26. The number of anilines is 1. The zero-order valence-electron chi connectivity index (χ0n) is 11.8. The Hall–Kier alpha value is -1.80. The predicted molar refractivity (Wildman–Crippen MR) is 80.6 cm³/mol. The molecule has 2 aromatic rings. The molecule has 2 rings (SSSR count). The molecule has 0 fully saturated rings. The first-order chi connectivity index (χ1) is 9.08. The fraction of sp³-hybridized carbons (Fsp3) is 0.294. The molecule has 1 atom stereocenters. The standard InChI is InChI=1S/C17H21NO/c1-13-9-10-14(2)16(11-13)17(19)12-18(3)15-7-5-4-6-8-15/h4-11,17,19H,12H2,1-3H3. The van der Waals surface area contributed by atoms with Crippen molar-refractivity contribution in [3.8, 4) is 0 Å². The average molecular weight is 255 g/mol. The van der Waals surface area contributed by atoms with Crippen molar-refractivity contribution < 1.29 is 5.11 Å². The van der Waals surface area contributed by atoms with Crippen molar-refractivity contribution in [1.82, 2.24) is 0 Å². The van der Waals surface area contributed by atoms with E-state index in [1.54, 1.807) is 0 Å². The Labute approximate surface area is 115 Å². The second-order valence-electron chi connectivity index (χ2n) is 5.09. The summed E-state index contributed by atoms with van der Waals surface area (Å²) in [6.45, 7) is 4.69. The Kier molecular flexibility index (Phi) is 4.23. The van der Waals surface area contributed by atoms with Crippen molar-refractivity contribution in [2.24, 2.45) is 0 Å². The van der Waals surface area contributed by atoms with Gasteiger partial charge in [-0.05, 0) is 37.1 Å². The van der Waals surface area contributed by atoms with Crippen molar-refractivity contribution in [3.05, 3.63) is 65.2 Å². The maximum atomic E-state index is 10.4. The van der Waals surface area contributed by atoms with E-state index in [1.807, 2.05) is 32.2 Å². The Balaban J connectivity index is 2.13. The number of aryl methyl sites for hydroxylation is 2. The zero-order valence-corrected chi connectivity index (χ0v) is 11.8. The largest absolute Gasteiger partial charge is 0.387 e. The number of rotatable bonds is 4. The molecule has 0 spiro atoms. The number of hydrogen-bond acceptors (Lipinski definition) is 2. The van der Waals surface area contributed by atoms with E-state index >= 15 is 0 Å². The first kappa shape index (κ1) is 13.6. The van der Waals surface area contributed by atoms with Crippen LogP contribution in [0.3, 0.4) is 0 Å². The van der Waals surface area contributed by atoms with Gasteiger partial charge < -0.3 is 10.0 Å². The molecular formula is C17H21NO. The highest BCUT2D eigenvalue weighted by atomic mass is 16.3. The highest BCUT2D eigenvalue weighted by Gasteiger charge is 2.13. The molecule has 1 N–H and O–H groups in total. The third-order valence-corrected chi connectivity index (χ3v) is 3.44. The summed E-state index contributed by atoms with van der Waals surface area (Å²) in [6, 6.07) is 16.3. The molecule has 19 heavy (non-hydrogen) atoms. The lowest BCUT2D eigenvalue weighted by molar-refractivity contribution is 0.184. The van der Waals surface area contributed by atoms with Crippen LogP contribution in [0.2, 0.25) is 0 Å². The second kappa shape index (κ2) is 5.89. The van der Waals surface area contributed by atoms with Crippen molar-refractivity contribution in [2.45, 2.75) is 20.0 Å². The van der Waals surface area contributed by atoms with Crippen LogP contribution in [0.4, 0.5) is 5.69 Å².